The summed E-state index contributed by atoms with van der Waals surface area (Å²) in [6, 6.07) is 1.83. The number of nitrogens with two attached hydrogens (primary N) is 1. The second-order valence-electron chi connectivity index (χ2n) is 2.71. The number of methoxy groups -OCH3 is 1. The molecule has 0 aliphatic carbocycles. The number of carbonyl (C=O) groups is 1. The van der Waals surface area contributed by atoms with Crippen molar-refractivity contribution in [3.63, 3.8) is 0 Å². The molecular weight excluding hydrogens is 200 g/mol. The van der Waals surface area contributed by atoms with Crippen LogP contribution >= 0.6 is 11.8 Å². The van der Waals surface area contributed by atoms with Crippen LogP contribution in [0.3, 0.4) is 0 Å². The molecule has 0 bridgehead atoms. The molecule has 1 aromatic heterocycles. The fourth-order valence-corrected chi connectivity index (χ4v) is 1.67. The molecule has 5 heteroatoms. The van der Waals surface area contributed by atoms with Crippen LogP contribution in [-0.4, -0.2) is 23.8 Å². The third-order valence-electron chi connectivity index (χ3n) is 1.73. The lowest BCUT2D eigenvalue weighted by atomic mass is 10.3. The predicted octanol–water partition coefficient (Wildman–Crippen LogP) is 1.24. The number of thioether (sulfide) groups is 1. The first-order chi connectivity index (χ1) is 6.65. The van der Waals surface area contributed by atoms with E-state index in [1.165, 1.54) is 18.9 Å². The second kappa shape index (κ2) is 4.85. The number of hydrogen-bond acceptors (Lipinski definition) is 5. The van der Waals surface area contributed by atoms with Crippen LogP contribution in [0.1, 0.15) is 5.56 Å². The van der Waals surface area contributed by atoms with Gasteiger partial charge in [-0.1, -0.05) is 11.8 Å². The SMILES string of the molecule is COC(=O)CSc1nccc(C)c1N. The van der Waals surface area contributed by atoms with E-state index in [0.29, 0.717) is 10.7 Å². The van der Waals surface area contributed by atoms with E-state index in [1.807, 2.05) is 13.0 Å². The topological polar surface area (TPSA) is 65.2 Å². The van der Waals surface area contributed by atoms with Gasteiger partial charge in [0.2, 0.25) is 0 Å². The average molecular weight is 212 g/mol. The van der Waals surface area contributed by atoms with E-state index < -0.39 is 0 Å². The van der Waals surface area contributed by atoms with Gasteiger partial charge in [-0.2, -0.15) is 0 Å². The summed E-state index contributed by atoms with van der Waals surface area (Å²) in [5.74, 6) is -0.0466. The maximum Gasteiger partial charge on any atom is 0.316 e. The minimum Gasteiger partial charge on any atom is -0.468 e. The normalized spacial score (nSPS) is 9.86. The lowest BCUT2D eigenvalue weighted by Crippen LogP contribution is -2.04. The third-order valence-corrected chi connectivity index (χ3v) is 2.70. The number of nitrogens with zero attached hydrogens (tertiary/aromatic N) is 1. The van der Waals surface area contributed by atoms with Crippen molar-refractivity contribution in [2.75, 3.05) is 18.6 Å². The number of anilines is 1. The van der Waals surface area contributed by atoms with Gasteiger partial charge >= 0.3 is 5.97 Å². The first-order valence-electron chi connectivity index (χ1n) is 4.06. The van der Waals surface area contributed by atoms with Gasteiger partial charge in [0.1, 0.15) is 5.03 Å². The van der Waals surface area contributed by atoms with Crippen LogP contribution in [-0.2, 0) is 9.53 Å². The van der Waals surface area contributed by atoms with Crippen molar-refractivity contribution in [3.05, 3.63) is 17.8 Å². The Morgan fingerprint density at radius 3 is 3.07 bits per heavy atom. The summed E-state index contributed by atoms with van der Waals surface area (Å²) in [5.41, 5.74) is 7.37. The number of carbonyl (C=O) groups excluding carboxylic acids is 1. The quantitative estimate of drug-likeness (QED) is 0.603. The molecular formula is C9H12N2O2S. The zero-order valence-corrected chi connectivity index (χ0v) is 8.93. The molecule has 0 aliphatic rings. The van der Waals surface area contributed by atoms with Crippen molar-refractivity contribution < 1.29 is 9.53 Å². The molecule has 0 aliphatic heterocycles. The number of nitrogen functional groups attached to an aromatic ring is 1. The Hall–Kier alpha value is -1.23. The van der Waals surface area contributed by atoms with Gasteiger partial charge in [0.15, 0.2) is 0 Å². The monoisotopic (exact) mass is 212 g/mol. The predicted molar refractivity (Wildman–Crippen MR) is 56.1 cm³/mol. The van der Waals surface area contributed by atoms with Crippen LogP contribution in [0.2, 0.25) is 0 Å². The number of hydrogen-bond donors (Lipinski definition) is 1. The molecule has 0 saturated heterocycles. The second-order valence-corrected chi connectivity index (χ2v) is 3.68. The van der Waals surface area contributed by atoms with E-state index in [9.17, 15) is 4.79 Å². The Bertz CT molecular complexity index is 342. The third kappa shape index (κ3) is 2.63. The van der Waals surface area contributed by atoms with Crippen LogP contribution in [0.4, 0.5) is 5.69 Å². The van der Waals surface area contributed by atoms with E-state index in [4.69, 9.17) is 5.73 Å². The van der Waals surface area contributed by atoms with Crippen molar-refractivity contribution in [3.8, 4) is 0 Å². The molecule has 76 valence electrons. The van der Waals surface area contributed by atoms with Crippen molar-refractivity contribution in [2.45, 2.75) is 11.9 Å². The Kier molecular flexibility index (Phi) is 3.76. The highest BCUT2D eigenvalue weighted by atomic mass is 32.2. The highest BCUT2D eigenvalue weighted by Crippen LogP contribution is 2.24. The van der Waals surface area contributed by atoms with Gasteiger partial charge in [0.25, 0.3) is 0 Å². The van der Waals surface area contributed by atoms with Crippen molar-refractivity contribution in [1.82, 2.24) is 4.98 Å². The van der Waals surface area contributed by atoms with E-state index >= 15 is 0 Å². The largest absolute Gasteiger partial charge is 0.468 e. The van der Waals surface area contributed by atoms with E-state index in [1.54, 1.807) is 6.20 Å². The molecule has 4 nitrogen and oxygen atoms in total. The van der Waals surface area contributed by atoms with Crippen molar-refractivity contribution >= 4 is 23.4 Å². The van der Waals surface area contributed by atoms with Crippen LogP contribution in [0.15, 0.2) is 17.3 Å². The zero-order chi connectivity index (χ0) is 10.6. The Morgan fingerprint density at radius 1 is 1.71 bits per heavy atom. The molecule has 0 aromatic carbocycles. The highest BCUT2D eigenvalue weighted by Gasteiger charge is 2.07. The smallest absolute Gasteiger partial charge is 0.316 e. The zero-order valence-electron chi connectivity index (χ0n) is 8.11. The molecule has 1 heterocycles. The molecule has 0 saturated carbocycles. The minimum absolute atomic E-state index is 0.233. The number of aryl methyl sites for hydroxylation is 1. The van der Waals surface area contributed by atoms with Gasteiger partial charge < -0.3 is 10.5 Å². The Morgan fingerprint density at radius 2 is 2.43 bits per heavy atom. The maximum absolute atomic E-state index is 10.9. The molecule has 0 atom stereocenters. The number of rotatable bonds is 3. The van der Waals surface area contributed by atoms with Crippen LogP contribution in [0, 0.1) is 6.92 Å². The summed E-state index contributed by atoms with van der Waals surface area (Å²) in [7, 11) is 1.36. The molecule has 14 heavy (non-hydrogen) atoms. The lowest BCUT2D eigenvalue weighted by Gasteiger charge is -2.05. The standard InChI is InChI=1S/C9H12N2O2S/c1-6-3-4-11-9(8(6)10)14-5-7(12)13-2/h3-4H,5,10H2,1-2H3. The van der Waals surface area contributed by atoms with E-state index in [-0.39, 0.29) is 11.7 Å². The van der Waals surface area contributed by atoms with Gasteiger partial charge in [-0.05, 0) is 18.6 Å². The molecule has 0 amide bonds. The van der Waals surface area contributed by atoms with Crippen molar-refractivity contribution in [2.24, 2.45) is 0 Å². The van der Waals surface area contributed by atoms with E-state index in [0.717, 1.165) is 5.56 Å². The Labute approximate surface area is 86.8 Å². The molecule has 1 aromatic rings. The summed E-state index contributed by atoms with van der Waals surface area (Å²) in [4.78, 5) is 14.9. The van der Waals surface area contributed by atoms with Gasteiger partial charge in [0, 0.05) is 6.20 Å². The van der Waals surface area contributed by atoms with E-state index in [2.05, 4.69) is 9.72 Å². The minimum atomic E-state index is -0.280. The lowest BCUT2D eigenvalue weighted by molar-refractivity contribution is -0.137. The van der Waals surface area contributed by atoms with Crippen LogP contribution < -0.4 is 5.73 Å². The molecule has 0 fully saturated rings. The number of esters is 1. The summed E-state index contributed by atoms with van der Waals surface area (Å²) in [6.07, 6.45) is 1.67. The van der Waals surface area contributed by atoms with Crippen LogP contribution in [0.25, 0.3) is 0 Å². The molecule has 1 rings (SSSR count). The molecule has 0 spiro atoms. The summed E-state index contributed by atoms with van der Waals surface area (Å²) < 4.78 is 4.51. The number of aromatic nitrogens is 1. The number of pyridine rings is 1. The highest BCUT2D eigenvalue weighted by molar-refractivity contribution is 8.00. The summed E-state index contributed by atoms with van der Waals surface area (Å²) >= 11 is 1.28. The van der Waals surface area contributed by atoms with Gasteiger partial charge in [-0.15, -0.1) is 0 Å². The Balaban J connectivity index is 2.68. The fraction of sp³-hybridized carbons (Fsp3) is 0.333. The molecule has 0 unspecified atom stereocenters. The molecule has 2 N–H and O–H groups in total. The molecule has 0 radical (unpaired) electrons. The van der Waals surface area contributed by atoms with Gasteiger partial charge in [0.05, 0.1) is 18.6 Å². The summed E-state index contributed by atoms with van der Waals surface area (Å²) in [5, 5.41) is 0.676. The fourth-order valence-electron chi connectivity index (χ4n) is 0.846. The van der Waals surface area contributed by atoms with Crippen molar-refractivity contribution in [1.29, 1.82) is 0 Å². The van der Waals surface area contributed by atoms with Gasteiger partial charge in [-0.25, -0.2) is 4.98 Å². The first-order valence-corrected chi connectivity index (χ1v) is 5.04. The summed E-state index contributed by atoms with van der Waals surface area (Å²) in [6.45, 7) is 1.90. The first kappa shape index (κ1) is 10.8. The number of ether oxygens (including phenoxy) is 1. The van der Waals surface area contributed by atoms with Gasteiger partial charge in [-0.3, -0.25) is 4.79 Å². The van der Waals surface area contributed by atoms with Crippen LogP contribution in [0.5, 0.6) is 0 Å². The maximum atomic E-state index is 10.9. The average Bonchev–Trinajstić information content (AvgIpc) is 2.20.